The Morgan fingerprint density at radius 3 is 2.38 bits per heavy atom. The molecule has 0 aliphatic rings. The monoisotopic (exact) mass is 412 g/mol. The molecule has 1 heterocycles. The minimum absolute atomic E-state index is 0.247. The molecule has 0 spiro atoms. The summed E-state index contributed by atoms with van der Waals surface area (Å²) in [5, 5.41) is 9.34. The van der Waals surface area contributed by atoms with Gasteiger partial charge in [-0.05, 0) is 37.1 Å². The van der Waals surface area contributed by atoms with Crippen molar-refractivity contribution in [1.82, 2.24) is 9.55 Å². The van der Waals surface area contributed by atoms with Crippen LogP contribution in [-0.2, 0) is 4.79 Å². The Kier molecular flexibility index (Phi) is 7.70. The van der Waals surface area contributed by atoms with Gasteiger partial charge in [0.05, 0.1) is 24.2 Å². The van der Waals surface area contributed by atoms with E-state index in [-0.39, 0.29) is 6.42 Å². The third-order valence-electron chi connectivity index (χ3n) is 4.65. The Morgan fingerprint density at radius 1 is 0.966 bits per heavy atom. The first-order valence-electron chi connectivity index (χ1n) is 9.89. The van der Waals surface area contributed by atoms with Gasteiger partial charge in [0.2, 0.25) is 0 Å². The number of unbranched alkanes of at least 4 members (excludes halogenated alkanes) is 4. The minimum Gasteiger partial charge on any atom is -0.481 e. The van der Waals surface area contributed by atoms with Crippen LogP contribution in [0.15, 0.2) is 60.8 Å². The fourth-order valence-electron chi connectivity index (χ4n) is 3.16. The second-order valence-corrected chi connectivity index (χ2v) is 7.30. The number of halogens is 1. The topological polar surface area (TPSA) is 64.3 Å². The number of carboxylic acids is 1. The highest BCUT2D eigenvalue weighted by Gasteiger charge is 2.14. The van der Waals surface area contributed by atoms with Crippen molar-refractivity contribution in [2.75, 3.05) is 6.61 Å². The fraction of sp³-hybridized carbons (Fsp3) is 0.304. The molecule has 0 saturated carbocycles. The van der Waals surface area contributed by atoms with E-state index in [0.717, 1.165) is 49.0 Å². The standard InChI is InChI=1S/C23H25ClN2O3/c24-19-12-14-20(15-13-19)26-21(18-9-5-4-6-10-18)17-25-23(26)29-16-8-3-1-2-7-11-22(27)28/h4-6,9-10,12-15,17H,1-3,7-8,11,16H2,(H,27,28). The third-order valence-corrected chi connectivity index (χ3v) is 4.90. The van der Waals surface area contributed by atoms with Gasteiger partial charge in [-0.3, -0.25) is 9.36 Å². The van der Waals surface area contributed by atoms with Crippen LogP contribution in [0.25, 0.3) is 16.9 Å². The molecule has 0 amide bonds. The SMILES string of the molecule is O=C(O)CCCCCCCOc1ncc(-c2ccccc2)n1-c1ccc(Cl)cc1. The Hall–Kier alpha value is -2.79. The van der Waals surface area contributed by atoms with E-state index in [9.17, 15) is 4.79 Å². The number of rotatable bonds is 11. The number of hydrogen-bond donors (Lipinski definition) is 1. The zero-order chi connectivity index (χ0) is 20.5. The molecule has 5 nitrogen and oxygen atoms in total. The van der Waals surface area contributed by atoms with E-state index in [0.29, 0.717) is 17.6 Å². The molecule has 6 heteroatoms. The van der Waals surface area contributed by atoms with Gasteiger partial charge in [-0.2, -0.15) is 0 Å². The fourth-order valence-corrected chi connectivity index (χ4v) is 3.29. The molecule has 2 aromatic carbocycles. The van der Waals surface area contributed by atoms with Gasteiger partial charge in [0.1, 0.15) is 0 Å². The number of imidazole rings is 1. The Morgan fingerprint density at radius 2 is 1.66 bits per heavy atom. The van der Waals surface area contributed by atoms with Gasteiger partial charge in [-0.15, -0.1) is 0 Å². The first-order valence-corrected chi connectivity index (χ1v) is 10.3. The Labute approximate surface area is 175 Å². The number of benzene rings is 2. The summed E-state index contributed by atoms with van der Waals surface area (Å²) in [6.07, 6.45) is 6.66. The number of aliphatic carboxylic acids is 1. The quantitative estimate of drug-likeness (QED) is 0.392. The van der Waals surface area contributed by atoms with Crippen molar-refractivity contribution in [3.8, 4) is 23.0 Å². The summed E-state index contributed by atoms with van der Waals surface area (Å²) < 4.78 is 7.99. The van der Waals surface area contributed by atoms with E-state index >= 15 is 0 Å². The number of aromatic nitrogens is 2. The Bertz CT molecular complexity index is 908. The molecule has 0 aliphatic carbocycles. The molecule has 0 unspecified atom stereocenters. The highest BCUT2D eigenvalue weighted by molar-refractivity contribution is 6.30. The predicted octanol–water partition coefficient (Wildman–Crippen LogP) is 6.00. The predicted molar refractivity (Wildman–Crippen MR) is 115 cm³/mol. The largest absolute Gasteiger partial charge is 0.481 e. The van der Waals surface area contributed by atoms with Gasteiger partial charge in [-0.25, -0.2) is 4.98 Å². The van der Waals surface area contributed by atoms with E-state index in [1.165, 1.54) is 0 Å². The number of hydrogen-bond acceptors (Lipinski definition) is 3. The lowest BCUT2D eigenvalue weighted by molar-refractivity contribution is -0.137. The van der Waals surface area contributed by atoms with Crippen LogP contribution in [0.2, 0.25) is 5.02 Å². The summed E-state index contributed by atoms with van der Waals surface area (Å²) in [7, 11) is 0. The number of carbonyl (C=O) groups is 1. The lowest BCUT2D eigenvalue weighted by Crippen LogP contribution is -2.05. The normalized spacial score (nSPS) is 10.8. The molecule has 3 rings (SSSR count). The molecule has 1 aromatic heterocycles. The maximum absolute atomic E-state index is 10.5. The van der Waals surface area contributed by atoms with Crippen molar-refractivity contribution in [1.29, 1.82) is 0 Å². The summed E-state index contributed by atoms with van der Waals surface area (Å²) >= 11 is 6.05. The van der Waals surface area contributed by atoms with E-state index < -0.39 is 5.97 Å². The van der Waals surface area contributed by atoms with Gasteiger partial charge < -0.3 is 9.84 Å². The van der Waals surface area contributed by atoms with E-state index in [2.05, 4.69) is 4.98 Å². The highest BCUT2D eigenvalue weighted by Crippen LogP contribution is 2.29. The van der Waals surface area contributed by atoms with Crippen molar-refractivity contribution < 1.29 is 14.6 Å². The molecule has 0 radical (unpaired) electrons. The number of carboxylic acid groups (broad SMARTS) is 1. The third kappa shape index (κ3) is 6.09. The number of nitrogens with zero attached hydrogens (tertiary/aromatic N) is 2. The van der Waals surface area contributed by atoms with Crippen LogP contribution >= 0.6 is 11.6 Å². The van der Waals surface area contributed by atoms with Gasteiger partial charge in [-0.1, -0.05) is 61.2 Å². The summed E-state index contributed by atoms with van der Waals surface area (Å²) in [5.41, 5.74) is 2.95. The van der Waals surface area contributed by atoms with Crippen molar-refractivity contribution in [3.05, 3.63) is 65.8 Å². The van der Waals surface area contributed by atoms with Crippen LogP contribution in [0.4, 0.5) is 0 Å². The van der Waals surface area contributed by atoms with E-state index in [1.807, 2.05) is 65.4 Å². The molecular weight excluding hydrogens is 388 g/mol. The molecule has 0 fully saturated rings. The lowest BCUT2D eigenvalue weighted by Gasteiger charge is -2.13. The molecule has 0 aliphatic heterocycles. The van der Waals surface area contributed by atoms with Crippen LogP contribution in [0.1, 0.15) is 38.5 Å². The van der Waals surface area contributed by atoms with Crippen molar-refractivity contribution in [2.45, 2.75) is 38.5 Å². The maximum atomic E-state index is 10.5. The van der Waals surface area contributed by atoms with Crippen molar-refractivity contribution in [3.63, 3.8) is 0 Å². The Balaban J connectivity index is 1.65. The van der Waals surface area contributed by atoms with E-state index in [4.69, 9.17) is 21.4 Å². The zero-order valence-corrected chi connectivity index (χ0v) is 17.0. The van der Waals surface area contributed by atoms with Gasteiger partial charge in [0.15, 0.2) is 0 Å². The summed E-state index contributed by atoms with van der Waals surface area (Å²) in [4.78, 5) is 15.0. The molecular formula is C23H25ClN2O3. The smallest absolute Gasteiger partial charge is 0.303 e. The van der Waals surface area contributed by atoms with Gasteiger partial charge >= 0.3 is 12.0 Å². The zero-order valence-electron chi connectivity index (χ0n) is 16.3. The van der Waals surface area contributed by atoms with Gasteiger partial charge in [0.25, 0.3) is 0 Å². The van der Waals surface area contributed by atoms with Gasteiger partial charge in [0, 0.05) is 17.0 Å². The molecule has 152 valence electrons. The second kappa shape index (κ2) is 10.7. The average molecular weight is 413 g/mol. The molecule has 3 aromatic rings. The minimum atomic E-state index is -0.725. The second-order valence-electron chi connectivity index (χ2n) is 6.86. The van der Waals surface area contributed by atoms with Crippen LogP contribution in [0, 0.1) is 0 Å². The average Bonchev–Trinajstić information content (AvgIpc) is 3.15. The van der Waals surface area contributed by atoms with Crippen LogP contribution in [0.3, 0.4) is 0 Å². The van der Waals surface area contributed by atoms with Crippen LogP contribution in [0.5, 0.6) is 6.01 Å². The lowest BCUT2D eigenvalue weighted by atomic mass is 10.1. The molecule has 1 N–H and O–H groups in total. The summed E-state index contributed by atoms with van der Waals surface area (Å²) in [5.74, 6) is -0.725. The number of ether oxygens (including phenoxy) is 1. The molecule has 29 heavy (non-hydrogen) atoms. The van der Waals surface area contributed by atoms with Crippen LogP contribution < -0.4 is 4.74 Å². The molecule has 0 atom stereocenters. The van der Waals surface area contributed by atoms with Crippen molar-refractivity contribution in [2.24, 2.45) is 0 Å². The first-order chi connectivity index (χ1) is 14.1. The van der Waals surface area contributed by atoms with Crippen molar-refractivity contribution >= 4 is 17.6 Å². The first kappa shape index (κ1) is 20.9. The highest BCUT2D eigenvalue weighted by atomic mass is 35.5. The molecule has 0 saturated heterocycles. The maximum Gasteiger partial charge on any atom is 0.303 e. The van der Waals surface area contributed by atoms with E-state index in [1.54, 1.807) is 0 Å². The summed E-state index contributed by atoms with van der Waals surface area (Å²) in [6, 6.07) is 18.2. The van der Waals surface area contributed by atoms with Crippen LogP contribution in [-0.4, -0.2) is 27.2 Å². The molecule has 0 bridgehead atoms. The summed E-state index contributed by atoms with van der Waals surface area (Å²) in [6.45, 7) is 0.567.